The minimum Gasteiger partial charge on any atom is -0.480 e. The van der Waals surface area contributed by atoms with Crippen molar-refractivity contribution < 1.29 is 19.8 Å². The molecule has 6 nitrogen and oxygen atoms in total. The highest BCUT2D eigenvalue weighted by atomic mass is 16.4. The van der Waals surface area contributed by atoms with Crippen LogP contribution < -0.4 is 10.6 Å². The van der Waals surface area contributed by atoms with Crippen LogP contribution in [0.5, 0.6) is 0 Å². The zero-order valence-corrected chi connectivity index (χ0v) is 12.3. The molecule has 2 amide bonds. The summed E-state index contributed by atoms with van der Waals surface area (Å²) in [4.78, 5) is 22.6. The predicted molar refractivity (Wildman–Crippen MR) is 75.4 cm³/mol. The monoisotopic (exact) mass is 286 g/mol. The van der Waals surface area contributed by atoms with Crippen LogP contribution in [-0.2, 0) is 4.79 Å². The van der Waals surface area contributed by atoms with Crippen molar-refractivity contribution in [3.8, 4) is 0 Å². The molecule has 0 aromatic heterocycles. The summed E-state index contributed by atoms with van der Waals surface area (Å²) in [5.41, 5.74) is 0. The van der Waals surface area contributed by atoms with E-state index in [1.807, 2.05) is 0 Å². The topological polar surface area (TPSA) is 98.7 Å². The van der Waals surface area contributed by atoms with Gasteiger partial charge >= 0.3 is 12.0 Å². The Hall–Kier alpha value is -1.30. The molecule has 0 aliphatic heterocycles. The lowest BCUT2D eigenvalue weighted by Gasteiger charge is -2.29. The molecule has 6 heteroatoms. The molecule has 4 N–H and O–H groups in total. The standard InChI is InChI=1S/C14H26N2O4/c1-3-4-10-5-7-11(8-6-10)15-14(20)16-12(9(2)17)13(18)19/h9-12,17H,3-8H2,1-2H3,(H,18,19)(H2,15,16,20). The van der Waals surface area contributed by atoms with E-state index in [9.17, 15) is 14.7 Å². The molecule has 0 heterocycles. The van der Waals surface area contributed by atoms with Gasteiger partial charge in [-0.25, -0.2) is 9.59 Å². The van der Waals surface area contributed by atoms with Crippen LogP contribution in [0.1, 0.15) is 52.4 Å². The van der Waals surface area contributed by atoms with E-state index in [-0.39, 0.29) is 6.04 Å². The molecule has 0 aromatic carbocycles. The summed E-state index contributed by atoms with van der Waals surface area (Å²) < 4.78 is 0. The number of aliphatic hydroxyl groups excluding tert-OH is 1. The lowest BCUT2D eigenvalue weighted by molar-refractivity contribution is -0.141. The fourth-order valence-electron chi connectivity index (χ4n) is 2.76. The van der Waals surface area contributed by atoms with Gasteiger partial charge in [0.15, 0.2) is 6.04 Å². The van der Waals surface area contributed by atoms with Gasteiger partial charge in [0, 0.05) is 6.04 Å². The average Bonchev–Trinajstić information content (AvgIpc) is 2.38. The Balaban J connectivity index is 2.34. The largest absolute Gasteiger partial charge is 0.480 e. The molecule has 1 aliphatic rings. The van der Waals surface area contributed by atoms with Gasteiger partial charge in [0.05, 0.1) is 6.10 Å². The summed E-state index contributed by atoms with van der Waals surface area (Å²) in [6.45, 7) is 3.52. The lowest BCUT2D eigenvalue weighted by atomic mass is 9.83. The van der Waals surface area contributed by atoms with Crippen molar-refractivity contribution in [2.75, 3.05) is 0 Å². The molecule has 116 valence electrons. The van der Waals surface area contributed by atoms with Crippen molar-refractivity contribution in [2.45, 2.75) is 70.6 Å². The van der Waals surface area contributed by atoms with Crippen LogP contribution in [0.25, 0.3) is 0 Å². The summed E-state index contributed by atoms with van der Waals surface area (Å²) in [7, 11) is 0. The number of carboxylic acid groups (broad SMARTS) is 1. The first-order chi connectivity index (χ1) is 9.43. The van der Waals surface area contributed by atoms with Crippen LogP contribution in [0.2, 0.25) is 0 Å². The van der Waals surface area contributed by atoms with E-state index in [0.29, 0.717) is 0 Å². The number of urea groups is 1. The van der Waals surface area contributed by atoms with Gasteiger partial charge < -0.3 is 20.8 Å². The van der Waals surface area contributed by atoms with Gasteiger partial charge in [-0.05, 0) is 38.5 Å². The molecule has 2 unspecified atom stereocenters. The Morgan fingerprint density at radius 1 is 1.25 bits per heavy atom. The second kappa shape index (κ2) is 8.09. The first-order valence-corrected chi connectivity index (χ1v) is 7.42. The van der Waals surface area contributed by atoms with Crippen LogP contribution in [0.4, 0.5) is 4.79 Å². The molecule has 1 rings (SSSR count). The first-order valence-electron chi connectivity index (χ1n) is 7.42. The van der Waals surface area contributed by atoms with E-state index in [2.05, 4.69) is 17.6 Å². The van der Waals surface area contributed by atoms with Crippen molar-refractivity contribution in [3.63, 3.8) is 0 Å². The molecule has 0 aromatic rings. The molecular formula is C14H26N2O4. The van der Waals surface area contributed by atoms with Crippen LogP contribution in [-0.4, -0.2) is 40.4 Å². The highest BCUT2D eigenvalue weighted by Crippen LogP contribution is 2.27. The molecule has 2 atom stereocenters. The van der Waals surface area contributed by atoms with Crippen molar-refractivity contribution >= 4 is 12.0 Å². The number of amides is 2. The molecule has 1 saturated carbocycles. The average molecular weight is 286 g/mol. The van der Waals surface area contributed by atoms with E-state index in [1.54, 1.807) is 0 Å². The number of hydrogen-bond acceptors (Lipinski definition) is 3. The number of aliphatic carboxylic acids is 1. The van der Waals surface area contributed by atoms with Crippen LogP contribution >= 0.6 is 0 Å². The highest BCUT2D eigenvalue weighted by Gasteiger charge is 2.27. The quantitative estimate of drug-likeness (QED) is 0.594. The Kier molecular flexibility index (Phi) is 6.78. The molecule has 0 saturated heterocycles. The minimum atomic E-state index is -1.27. The van der Waals surface area contributed by atoms with Crippen molar-refractivity contribution in [1.82, 2.24) is 10.6 Å². The summed E-state index contributed by atoms with van der Waals surface area (Å²) in [5, 5.41) is 23.3. The van der Waals surface area contributed by atoms with Gasteiger partial charge in [0.2, 0.25) is 0 Å². The minimum absolute atomic E-state index is 0.103. The van der Waals surface area contributed by atoms with Crippen molar-refractivity contribution in [3.05, 3.63) is 0 Å². The molecule has 0 bridgehead atoms. The van der Waals surface area contributed by atoms with Crippen LogP contribution in [0, 0.1) is 5.92 Å². The number of aliphatic hydroxyl groups is 1. The smallest absolute Gasteiger partial charge is 0.328 e. The second-order valence-corrected chi connectivity index (χ2v) is 5.68. The molecule has 0 radical (unpaired) electrons. The van der Waals surface area contributed by atoms with Gasteiger partial charge in [-0.15, -0.1) is 0 Å². The molecule has 1 aliphatic carbocycles. The summed E-state index contributed by atoms with van der Waals surface area (Å²) in [5.74, 6) is -0.479. The Morgan fingerprint density at radius 2 is 1.85 bits per heavy atom. The van der Waals surface area contributed by atoms with Crippen LogP contribution in [0.15, 0.2) is 0 Å². The van der Waals surface area contributed by atoms with E-state index in [4.69, 9.17) is 5.11 Å². The Bertz CT molecular complexity index is 325. The number of hydrogen-bond donors (Lipinski definition) is 4. The van der Waals surface area contributed by atoms with Gasteiger partial charge in [-0.2, -0.15) is 0 Å². The first kappa shape index (κ1) is 16.8. The van der Waals surface area contributed by atoms with E-state index in [0.717, 1.165) is 31.6 Å². The van der Waals surface area contributed by atoms with E-state index >= 15 is 0 Å². The van der Waals surface area contributed by atoms with Crippen LogP contribution in [0.3, 0.4) is 0 Å². The van der Waals surface area contributed by atoms with Gasteiger partial charge in [0.1, 0.15) is 0 Å². The van der Waals surface area contributed by atoms with Gasteiger partial charge in [-0.3, -0.25) is 0 Å². The highest BCUT2D eigenvalue weighted by molar-refractivity contribution is 5.83. The molecule has 1 fully saturated rings. The maximum absolute atomic E-state index is 11.7. The van der Waals surface area contributed by atoms with Crippen molar-refractivity contribution in [1.29, 1.82) is 0 Å². The molecule has 0 spiro atoms. The maximum Gasteiger partial charge on any atom is 0.328 e. The zero-order valence-electron chi connectivity index (χ0n) is 12.3. The maximum atomic E-state index is 11.7. The summed E-state index contributed by atoms with van der Waals surface area (Å²) in [6, 6.07) is -1.68. The number of carboxylic acids is 1. The fourth-order valence-corrected chi connectivity index (χ4v) is 2.76. The summed E-state index contributed by atoms with van der Waals surface area (Å²) in [6.07, 6.45) is 5.39. The van der Waals surface area contributed by atoms with Crippen molar-refractivity contribution in [2.24, 2.45) is 5.92 Å². The van der Waals surface area contributed by atoms with E-state index < -0.39 is 24.1 Å². The third kappa shape index (κ3) is 5.36. The molecule has 20 heavy (non-hydrogen) atoms. The van der Waals surface area contributed by atoms with Gasteiger partial charge in [-0.1, -0.05) is 19.8 Å². The third-order valence-corrected chi connectivity index (χ3v) is 3.91. The number of carbonyl (C=O) groups is 2. The molecular weight excluding hydrogens is 260 g/mol. The Labute approximate surface area is 119 Å². The fraction of sp³-hybridized carbons (Fsp3) is 0.857. The number of carbonyl (C=O) groups excluding carboxylic acids is 1. The normalized spacial score (nSPS) is 25.6. The Morgan fingerprint density at radius 3 is 2.30 bits per heavy atom. The second-order valence-electron chi connectivity index (χ2n) is 5.68. The number of rotatable bonds is 6. The predicted octanol–water partition coefficient (Wildman–Crippen LogP) is 1.48. The van der Waals surface area contributed by atoms with E-state index in [1.165, 1.54) is 19.8 Å². The summed E-state index contributed by atoms with van der Waals surface area (Å²) >= 11 is 0. The lowest BCUT2D eigenvalue weighted by Crippen LogP contribution is -2.53. The SMILES string of the molecule is CCCC1CCC(NC(=O)NC(C(=O)O)C(C)O)CC1. The third-order valence-electron chi connectivity index (χ3n) is 3.91. The number of nitrogens with one attached hydrogen (secondary N) is 2. The zero-order chi connectivity index (χ0) is 15.1. The van der Waals surface area contributed by atoms with Gasteiger partial charge in [0.25, 0.3) is 0 Å².